The molecule has 0 saturated carbocycles. The van der Waals surface area contributed by atoms with E-state index in [0.29, 0.717) is 6.10 Å². The summed E-state index contributed by atoms with van der Waals surface area (Å²) in [5.74, 6) is 1.06. The highest BCUT2D eigenvalue weighted by atomic mass is 16.5. The molecule has 2 rings (SSSR count). The van der Waals surface area contributed by atoms with Crippen LogP contribution in [0.4, 0.5) is 0 Å². The normalized spacial score (nSPS) is 21.9. The SMILES string of the molecule is CCNCc1occc1CN1CCOC(C)C1. The van der Waals surface area contributed by atoms with Crippen LogP contribution in [0, 0.1) is 0 Å². The monoisotopic (exact) mass is 238 g/mol. The smallest absolute Gasteiger partial charge is 0.122 e. The van der Waals surface area contributed by atoms with Crippen LogP contribution < -0.4 is 5.32 Å². The number of rotatable bonds is 5. The van der Waals surface area contributed by atoms with Crippen molar-refractivity contribution in [1.29, 1.82) is 0 Å². The van der Waals surface area contributed by atoms with Gasteiger partial charge in [-0.15, -0.1) is 0 Å². The molecular formula is C13H22N2O2. The fourth-order valence-electron chi connectivity index (χ4n) is 2.18. The van der Waals surface area contributed by atoms with E-state index in [-0.39, 0.29) is 0 Å². The lowest BCUT2D eigenvalue weighted by atomic mass is 10.2. The van der Waals surface area contributed by atoms with Gasteiger partial charge in [0.25, 0.3) is 0 Å². The molecule has 0 spiro atoms. The minimum atomic E-state index is 0.341. The van der Waals surface area contributed by atoms with Crippen LogP contribution in [0.3, 0.4) is 0 Å². The number of hydrogen-bond acceptors (Lipinski definition) is 4. The van der Waals surface area contributed by atoms with Crippen molar-refractivity contribution in [2.24, 2.45) is 0 Å². The predicted octanol–water partition coefficient (Wildman–Crippen LogP) is 1.61. The summed E-state index contributed by atoms with van der Waals surface area (Å²) in [6, 6.07) is 2.08. The Morgan fingerprint density at radius 3 is 3.18 bits per heavy atom. The first-order valence-corrected chi connectivity index (χ1v) is 6.39. The minimum absolute atomic E-state index is 0.341. The third kappa shape index (κ3) is 3.56. The van der Waals surface area contributed by atoms with Gasteiger partial charge in [0.1, 0.15) is 5.76 Å². The van der Waals surface area contributed by atoms with Crippen LogP contribution in [0.2, 0.25) is 0 Å². The highest BCUT2D eigenvalue weighted by Crippen LogP contribution is 2.15. The highest BCUT2D eigenvalue weighted by Gasteiger charge is 2.18. The first-order valence-electron chi connectivity index (χ1n) is 6.39. The van der Waals surface area contributed by atoms with Crippen molar-refractivity contribution in [1.82, 2.24) is 10.2 Å². The van der Waals surface area contributed by atoms with Gasteiger partial charge in [0.15, 0.2) is 0 Å². The van der Waals surface area contributed by atoms with E-state index < -0.39 is 0 Å². The van der Waals surface area contributed by atoms with Crippen LogP contribution in [0.5, 0.6) is 0 Å². The molecule has 2 heterocycles. The van der Waals surface area contributed by atoms with E-state index in [0.717, 1.165) is 45.1 Å². The largest absolute Gasteiger partial charge is 0.468 e. The lowest BCUT2D eigenvalue weighted by Crippen LogP contribution is -2.40. The van der Waals surface area contributed by atoms with E-state index >= 15 is 0 Å². The number of ether oxygens (including phenoxy) is 1. The maximum atomic E-state index is 5.54. The Balaban J connectivity index is 1.91. The average Bonchev–Trinajstić information content (AvgIpc) is 2.74. The van der Waals surface area contributed by atoms with E-state index in [4.69, 9.17) is 9.15 Å². The van der Waals surface area contributed by atoms with Crippen molar-refractivity contribution in [2.45, 2.75) is 33.0 Å². The molecule has 1 unspecified atom stereocenters. The van der Waals surface area contributed by atoms with Gasteiger partial charge in [-0.2, -0.15) is 0 Å². The summed E-state index contributed by atoms with van der Waals surface area (Å²) in [5.41, 5.74) is 1.29. The van der Waals surface area contributed by atoms with Crippen LogP contribution in [0.15, 0.2) is 16.7 Å². The summed E-state index contributed by atoms with van der Waals surface area (Å²) in [5, 5.41) is 3.30. The fourth-order valence-corrected chi connectivity index (χ4v) is 2.18. The lowest BCUT2D eigenvalue weighted by Gasteiger charge is -2.30. The highest BCUT2D eigenvalue weighted by molar-refractivity contribution is 5.17. The second-order valence-corrected chi connectivity index (χ2v) is 4.57. The van der Waals surface area contributed by atoms with Crippen LogP contribution in [0.1, 0.15) is 25.2 Å². The Labute approximate surface area is 103 Å². The van der Waals surface area contributed by atoms with Gasteiger partial charge < -0.3 is 14.5 Å². The predicted molar refractivity (Wildman–Crippen MR) is 66.8 cm³/mol. The van der Waals surface area contributed by atoms with Gasteiger partial charge in [-0.25, -0.2) is 0 Å². The summed E-state index contributed by atoms with van der Waals surface area (Å²) in [7, 11) is 0. The van der Waals surface area contributed by atoms with Crippen molar-refractivity contribution >= 4 is 0 Å². The molecule has 4 nitrogen and oxygen atoms in total. The van der Waals surface area contributed by atoms with E-state index in [9.17, 15) is 0 Å². The molecule has 0 aromatic carbocycles. The molecule has 0 radical (unpaired) electrons. The number of hydrogen-bond donors (Lipinski definition) is 1. The quantitative estimate of drug-likeness (QED) is 0.845. The molecular weight excluding hydrogens is 216 g/mol. The van der Waals surface area contributed by atoms with Gasteiger partial charge in [-0.3, -0.25) is 4.90 Å². The third-order valence-electron chi connectivity index (χ3n) is 3.09. The van der Waals surface area contributed by atoms with Crippen LogP contribution in [-0.2, 0) is 17.8 Å². The van der Waals surface area contributed by atoms with Crippen molar-refractivity contribution in [3.8, 4) is 0 Å². The summed E-state index contributed by atoms with van der Waals surface area (Å²) in [4.78, 5) is 2.43. The minimum Gasteiger partial charge on any atom is -0.468 e. The van der Waals surface area contributed by atoms with Crippen LogP contribution in [-0.4, -0.2) is 37.2 Å². The molecule has 4 heteroatoms. The molecule has 1 aliphatic rings. The van der Waals surface area contributed by atoms with E-state index in [1.165, 1.54) is 5.56 Å². The summed E-state index contributed by atoms with van der Waals surface area (Å²) >= 11 is 0. The summed E-state index contributed by atoms with van der Waals surface area (Å²) < 4.78 is 11.1. The Bertz CT molecular complexity index is 338. The number of morpholine rings is 1. The maximum Gasteiger partial charge on any atom is 0.122 e. The van der Waals surface area contributed by atoms with Crippen molar-refractivity contribution in [3.63, 3.8) is 0 Å². The van der Waals surface area contributed by atoms with Gasteiger partial charge in [-0.05, 0) is 19.5 Å². The van der Waals surface area contributed by atoms with Gasteiger partial charge in [0.05, 0.1) is 25.5 Å². The zero-order chi connectivity index (χ0) is 12.1. The Hall–Kier alpha value is -0.840. The first kappa shape index (κ1) is 12.6. The van der Waals surface area contributed by atoms with Crippen molar-refractivity contribution in [2.75, 3.05) is 26.2 Å². The topological polar surface area (TPSA) is 37.6 Å². The number of nitrogens with one attached hydrogen (secondary N) is 1. The van der Waals surface area contributed by atoms with Gasteiger partial charge in [0, 0.05) is 25.2 Å². The van der Waals surface area contributed by atoms with Gasteiger partial charge in [-0.1, -0.05) is 6.92 Å². The third-order valence-corrected chi connectivity index (χ3v) is 3.09. The van der Waals surface area contributed by atoms with E-state index in [1.807, 2.05) is 0 Å². The summed E-state index contributed by atoms with van der Waals surface area (Å²) in [6.45, 7) is 9.83. The molecule has 0 aliphatic carbocycles. The number of furan rings is 1. The lowest BCUT2D eigenvalue weighted by molar-refractivity contribution is -0.0213. The molecule has 0 amide bonds. The maximum absolute atomic E-state index is 5.54. The molecule has 1 N–H and O–H groups in total. The van der Waals surface area contributed by atoms with Gasteiger partial charge >= 0.3 is 0 Å². The van der Waals surface area contributed by atoms with Crippen molar-refractivity contribution < 1.29 is 9.15 Å². The van der Waals surface area contributed by atoms with E-state index in [1.54, 1.807) is 6.26 Å². The number of nitrogens with zero attached hydrogens (tertiary/aromatic N) is 1. The zero-order valence-corrected chi connectivity index (χ0v) is 10.7. The van der Waals surface area contributed by atoms with E-state index in [2.05, 4.69) is 30.1 Å². The molecule has 96 valence electrons. The molecule has 1 atom stereocenters. The molecule has 1 aliphatic heterocycles. The molecule has 1 saturated heterocycles. The van der Waals surface area contributed by atoms with Crippen LogP contribution in [0.25, 0.3) is 0 Å². The second-order valence-electron chi connectivity index (χ2n) is 4.57. The Kier molecular flexibility index (Phi) is 4.59. The first-order chi connectivity index (χ1) is 8.29. The van der Waals surface area contributed by atoms with Gasteiger partial charge in [0.2, 0.25) is 0 Å². The molecule has 0 bridgehead atoms. The van der Waals surface area contributed by atoms with Crippen molar-refractivity contribution in [3.05, 3.63) is 23.7 Å². The molecule has 1 fully saturated rings. The molecule has 1 aromatic heterocycles. The van der Waals surface area contributed by atoms with Crippen LogP contribution >= 0.6 is 0 Å². The molecule has 17 heavy (non-hydrogen) atoms. The molecule has 1 aromatic rings. The Morgan fingerprint density at radius 1 is 1.53 bits per heavy atom. The standard InChI is InChI=1S/C13H22N2O2/c1-3-14-8-13-12(4-6-17-13)10-15-5-7-16-11(2)9-15/h4,6,11,14H,3,5,7-10H2,1-2H3. The second kappa shape index (κ2) is 6.19. The zero-order valence-electron chi connectivity index (χ0n) is 10.7. The fraction of sp³-hybridized carbons (Fsp3) is 0.692. The Morgan fingerprint density at radius 2 is 2.41 bits per heavy atom. The summed E-state index contributed by atoms with van der Waals surface area (Å²) in [6.07, 6.45) is 2.12. The average molecular weight is 238 g/mol.